The zero-order chi connectivity index (χ0) is 15.4. The lowest BCUT2D eigenvalue weighted by Gasteiger charge is -1.75. The first-order chi connectivity index (χ1) is 7.91. The van der Waals surface area contributed by atoms with Gasteiger partial charge in [-0.15, -0.1) is 58.8 Å². The highest BCUT2D eigenvalue weighted by atomic mass is 127. The van der Waals surface area contributed by atoms with Gasteiger partial charge in [0.15, 0.2) is 9.76 Å². The highest BCUT2D eigenvalue weighted by Crippen LogP contribution is 1.78. The molecule has 0 radical (unpaired) electrons. The quantitative estimate of drug-likeness (QED) is 0.131. The number of hydrogen-bond donors (Lipinski definition) is 6. The highest BCUT2D eigenvalue weighted by molar-refractivity contribution is 14.2. The molecule has 0 atom stereocenters. The van der Waals surface area contributed by atoms with Crippen LogP contribution >= 0.6 is 186 Å². The molecule has 0 saturated heterocycles. The van der Waals surface area contributed by atoms with Crippen molar-refractivity contribution in [3.8, 4) is 0 Å². The van der Waals surface area contributed by atoms with Crippen LogP contribution in [0.4, 0.5) is 0 Å². The van der Waals surface area contributed by atoms with Crippen LogP contribution in [0.15, 0.2) is 0 Å². The standard InChI is InChI=1S/C2H8OSi.CH4.6HIS.6H2O/c1-3-4-2;;6*1-2;;;;;;/h4H2,1-2H3;1H4;6*2H;6*1H2. The van der Waals surface area contributed by atoms with E-state index in [2.05, 4.69) is 69.8 Å². The summed E-state index contributed by atoms with van der Waals surface area (Å²) in [5.41, 5.74) is 0. The molecule has 12 N–H and O–H groups in total. The van der Waals surface area contributed by atoms with Crippen molar-refractivity contribution in [2.45, 2.75) is 14.0 Å². The third-order valence-corrected chi connectivity index (χ3v) is 0.866. The van der Waals surface area contributed by atoms with Gasteiger partial charge in [0, 0.05) is 7.11 Å². The zero-order valence-electron chi connectivity index (χ0n) is 11.1. The molecule has 166 valence electrons. The van der Waals surface area contributed by atoms with Crippen molar-refractivity contribution >= 4 is 196 Å². The van der Waals surface area contributed by atoms with E-state index in [0.717, 1.165) is 0 Å². The van der Waals surface area contributed by atoms with Crippen molar-refractivity contribution in [2.75, 3.05) is 7.11 Å². The largest absolute Gasteiger partial charge is 0.427 e. The molecule has 0 heterocycles. The third-order valence-electron chi connectivity index (χ3n) is 0.289. The number of hydrogen-bond acceptors (Lipinski definition) is 7. The van der Waals surface area contributed by atoms with Gasteiger partial charge in [0.05, 0.1) is 0 Å². The molecule has 0 unspecified atom stereocenters. The van der Waals surface area contributed by atoms with Crippen LogP contribution in [-0.4, -0.2) is 49.7 Å². The first-order valence-corrected chi connectivity index (χ1v) is 23.8. The molecule has 0 rings (SSSR count). The number of halogens is 6. The topological polar surface area (TPSA) is 198 Å². The summed E-state index contributed by atoms with van der Waals surface area (Å²) in [6.07, 6.45) is 0. The predicted molar refractivity (Wildman–Crippen MR) is 188 cm³/mol. The maximum absolute atomic E-state index is 4.68. The monoisotopic (exact) mass is 1160 g/mol. The summed E-state index contributed by atoms with van der Waals surface area (Å²) in [4.78, 5) is 0. The molecule has 0 amide bonds. The van der Waals surface area contributed by atoms with Gasteiger partial charge in [-0.2, -0.15) is 0 Å². The van der Waals surface area contributed by atoms with Gasteiger partial charge in [0.1, 0.15) is 0 Å². The second-order valence-corrected chi connectivity index (χ2v) is 1.73. The zero-order valence-corrected chi connectivity index (χ0v) is 30.8. The summed E-state index contributed by atoms with van der Waals surface area (Å²) < 4.78 is 4.68. The maximum atomic E-state index is 4.68. The van der Waals surface area contributed by atoms with Gasteiger partial charge in [0.25, 0.3) is 0 Å². The SMILES string of the molecule is C.CO[SiH2]C.O.O.O.O.O.O.SI.SI.SI.SI.SI.SI. The van der Waals surface area contributed by atoms with Crippen LogP contribution in [0, 0.1) is 0 Å². The molecule has 0 spiro atoms. The maximum Gasteiger partial charge on any atom is 0.157 e. The van der Waals surface area contributed by atoms with Crippen LogP contribution in [0.25, 0.3) is 0 Å². The van der Waals surface area contributed by atoms with E-state index >= 15 is 0 Å². The van der Waals surface area contributed by atoms with E-state index in [9.17, 15) is 0 Å². The van der Waals surface area contributed by atoms with Crippen LogP contribution in [-0.2, 0) is 4.43 Å². The number of rotatable bonds is 1. The van der Waals surface area contributed by atoms with Crippen molar-refractivity contribution < 1.29 is 37.3 Å². The molecule has 0 aliphatic rings. The fourth-order valence-corrected chi connectivity index (χ4v) is 0. The minimum absolute atomic E-state index is 0. The van der Waals surface area contributed by atoms with Crippen molar-refractivity contribution in [1.29, 1.82) is 0 Å². The Morgan fingerprint density at radius 2 is 0.565 bits per heavy atom. The minimum Gasteiger partial charge on any atom is -0.427 e. The molecule has 0 bridgehead atoms. The van der Waals surface area contributed by atoms with Gasteiger partial charge in [0.2, 0.25) is 0 Å². The Bertz CT molecular complexity index is 50.6. The molecule has 0 aliphatic heterocycles. The normalized spacial score (nSPS) is 3.39. The average molecular weight is 1160 g/mol. The van der Waals surface area contributed by atoms with Crippen molar-refractivity contribution in [2.24, 2.45) is 0 Å². The summed E-state index contributed by atoms with van der Waals surface area (Å²) in [5.74, 6) is 0. The fraction of sp³-hybridized carbons (Fsp3) is 1.00. The molecule has 0 fully saturated rings. The van der Waals surface area contributed by atoms with Crippen molar-refractivity contribution in [3.05, 3.63) is 0 Å². The van der Waals surface area contributed by atoms with Crippen molar-refractivity contribution in [3.63, 3.8) is 0 Å². The van der Waals surface area contributed by atoms with Crippen LogP contribution in [0.3, 0.4) is 0 Å². The molecule has 0 aromatic rings. The first-order valence-electron chi connectivity index (χ1n) is 2.42. The second kappa shape index (κ2) is 302. The smallest absolute Gasteiger partial charge is 0.157 e. The summed E-state index contributed by atoms with van der Waals surface area (Å²) in [6.45, 7) is 2.10. The summed E-state index contributed by atoms with van der Waals surface area (Å²) in [5, 5.41) is 0. The molecule has 0 aliphatic carbocycles. The molecule has 0 aromatic heterocycles. The van der Waals surface area contributed by atoms with E-state index in [0.29, 0.717) is 0 Å². The van der Waals surface area contributed by atoms with E-state index in [1.807, 2.05) is 127 Å². The fourth-order valence-electron chi connectivity index (χ4n) is 0. The lowest BCUT2D eigenvalue weighted by molar-refractivity contribution is 0.446. The first kappa shape index (κ1) is 99.9. The Hall–Kier alpha value is 6.42. The highest BCUT2D eigenvalue weighted by Gasteiger charge is 1.55. The van der Waals surface area contributed by atoms with Gasteiger partial charge in [-0.25, -0.2) is 0 Å². The Kier molecular flexibility index (Phi) is 1310. The summed E-state index contributed by atoms with van der Waals surface area (Å²) in [6, 6.07) is 0. The Labute approximate surface area is 248 Å². The summed E-state index contributed by atoms with van der Waals surface area (Å²) in [7, 11) is 22.7. The van der Waals surface area contributed by atoms with Crippen LogP contribution < -0.4 is 0 Å². The van der Waals surface area contributed by atoms with Crippen molar-refractivity contribution in [1.82, 2.24) is 0 Å². The van der Waals surface area contributed by atoms with Gasteiger partial charge in [-0.3, -0.25) is 0 Å². The van der Waals surface area contributed by atoms with E-state index in [1.165, 1.54) is 0 Å². The van der Waals surface area contributed by atoms with Crippen LogP contribution in [0.1, 0.15) is 7.43 Å². The minimum atomic E-state index is -0.0756. The van der Waals surface area contributed by atoms with Crippen LogP contribution in [0.2, 0.25) is 6.55 Å². The molecular formula is C3H30I6O7S6Si. The van der Waals surface area contributed by atoms with E-state index in [-0.39, 0.29) is 50.0 Å². The molecule has 0 saturated carbocycles. The van der Waals surface area contributed by atoms with Gasteiger partial charge in [-0.1, -0.05) is 14.0 Å². The van der Waals surface area contributed by atoms with Gasteiger partial charge >= 0.3 is 0 Å². The molecule has 20 heteroatoms. The lowest BCUT2D eigenvalue weighted by Crippen LogP contribution is -1.79. The Balaban J connectivity index is -0.00000000333. The lowest BCUT2D eigenvalue weighted by atomic mass is 11.8. The second-order valence-electron chi connectivity index (χ2n) is 0.577. The summed E-state index contributed by atoms with van der Waals surface area (Å²) >= 11 is 11.1. The van der Waals surface area contributed by atoms with E-state index in [1.54, 1.807) is 7.11 Å². The van der Waals surface area contributed by atoms with Gasteiger partial charge < -0.3 is 37.3 Å². The average Bonchev–Trinajstić information content (AvgIpc) is 2.51. The van der Waals surface area contributed by atoms with E-state index in [4.69, 9.17) is 0 Å². The molecule has 7 nitrogen and oxygen atoms in total. The van der Waals surface area contributed by atoms with Crippen LogP contribution in [0.5, 0.6) is 0 Å². The molecule has 23 heavy (non-hydrogen) atoms. The number of thiol groups is 6. The third kappa shape index (κ3) is 360. The Morgan fingerprint density at radius 3 is 0.565 bits per heavy atom. The predicted octanol–water partition coefficient (Wildman–Crippen LogP) is 3.05. The molecule has 0 aromatic carbocycles. The molecular weight excluding hydrogens is 1130 g/mol. The van der Waals surface area contributed by atoms with Gasteiger partial charge in [-0.05, 0) is 127 Å². The Morgan fingerprint density at radius 1 is 0.522 bits per heavy atom. The van der Waals surface area contributed by atoms with E-state index < -0.39 is 0 Å².